The average Bonchev–Trinajstić information content (AvgIpc) is 3.13. The van der Waals surface area contributed by atoms with Crippen molar-refractivity contribution in [2.24, 2.45) is 0 Å². The number of amides is 1. The molecule has 0 fully saturated rings. The zero-order valence-corrected chi connectivity index (χ0v) is 15.7. The Morgan fingerprint density at radius 2 is 1.93 bits per heavy atom. The van der Waals surface area contributed by atoms with Crippen LogP contribution in [0.2, 0.25) is 0 Å². The molecule has 1 heterocycles. The number of nitrogens with zero attached hydrogens (tertiary/aromatic N) is 3. The van der Waals surface area contributed by atoms with Crippen LogP contribution < -0.4 is 5.32 Å². The van der Waals surface area contributed by atoms with Crippen LogP contribution in [0.4, 0.5) is 15.8 Å². The highest BCUT2D eigenvalue weighted by molar-refractivity contribution is 7.99. The summed E-state index contributed by atoms with van der Waals surface area (Å²) in [7, 11) is 0. The molecule has 0 aliphatic carbocycles. The molecular weight excluding hydrogens is 387 g/mol. The van der Waals surface area contributed by atoms with E-state index in [1.165, 1.54) is 30.3 Å². The Morgan fingerprint density at radius 3 is 2.61 bits per heavy atom. The molecule has 1 amide bonds. The normalized spacial score (nSPS) is 10.7. The largest absolute Gasteiger partial charge is 0.411 e. The van der Waals surface area contributed by atoms with Gasteiger partial charge in [0.15, 0.2) is 0 Å². The first kappa shape index (κ1) is 19.5. The number of halogens is 1. The highest BCUT2D eigenvalue weighted by atomic mass is 32.2. The summed E-state index contributed by atoms with van der Waals surface area (Å²) in [4.78, 5) is 22.9. The quantitative estimate of drug-likeness (QED) is 0.375. The van der Waals surface area contributed by atoms with Crippen molar-refractivity contribution in [3.05, 3.63) is 63.5 Å². The molecule has 0 saturated heterocycles. The monoisotopic (exact) mass is 402 g/mol. The number of benzene rings is 2. The summed E-state index contributed by atoms with van der Waals surface area (Å²) >= 11 is 0.994. The molecule has 0 atom stereocenters. The molecule has 10 heteroatoms. The lowest BCUT2D eigenvalue weighted by atomic mass is 10.1. The maximum Gasteiger partial charge on any atom is 0.293 e. The summed E-state index contributed by atoms with van der Waals surface area (Å²) < 4.78 is 18.4. The van der Waals surface area contributed by atoms with Gasteiger partial charge in [0.1, 0.15) is 11.5 Å². The smallest absolute Gasteiger partial charge is 0.293 e. The van der Waals surface area contributed by atoms with Gasteiger partial charge in [-0.15, -0.1) is 10.2 Å². The number of carbonyl (C=O) groups excluding carboxylic acids is 1. The minimum Gasteiger partial charge on any atom is -0.411 e. The summed E-state index contributed by atoms with van der Waals surface area (Å²) in [5, 5.41) is 21.6. The number of rotatable bonds is 6. The van der Waals surface area contributed by atoms with Crippen molar-refractivity contribution in [1.29, 1.82) is 0 Å². The molecule has 0 aliphatic rings. The van der Waals surface area contributed by atoms with Gasteiger partial charge in [-0.1, -0.05) is 17.8 Å². The zero-order chi connectivity index (χ0) is 20.3. The SMILES string of the molecule is Cc1ccc([N+](=O)[O-])c(NC(=O)CSc2nnc(-c3ccc(F)cc3)o2)c1C. The summed E-state index contributed by atoms with van der Waals surface area (Å²) in [6.07, 6.45) is 0. The second-order valence-electron chi connectivity index (χ2n) is 5.88. The fourth-order valence-electron chi connectivity index (χ4n) is 2.39. The molecule has 3 aromatic rings. The molecule has 8 nitrogen and oxygen atoms in total. The van der Waals surface area contributed by atoms with E-state index < -0.39 is 10.8 Å². The maximum atomic E-state index is 13.0. The van der Waals surface area contributed by atoms with E-state index in [9.17, 15) is 19.3 Å². The van der Waals surface area contributed by atoms with E-state index in [4.69, 9.17) is 4.42 Å². The van der Waals surface area contributed by atoms with Crippen molar-refractivity contribution in [2.45, 2.75) is 19.1 Å². The number of nitro groups is 1. The van der Waals surface area contributed by atoms with Gasteiger partial charge in [-0.3, -0.25) is 14.9 Å². The Morgan fingerprint density at radius 1 is 1.21 bits per heavy atom. The lowest BCUT2D eigenvalue weighted by Crippen LogP contribution is -2.16. The first-order valence-corrected chi connectivity index (χ1v) is 9.10. The minimum atomic E-state index is -0.540. The summed E-state index contributed by atoms with van der Waals surface area (Å²) in [6, 6.07) is 8.55. The third-order valence-corrected chi connectivity index (χ3v) is 4.82. The molecular formula is C18H15FN4O4S. The van der Waals surface area contributed by atoms with Gasteiger partial charge in [0.05, 0.1) is 10.7 Å². The van der Waals surface area contributed by atoms with Gasteiger partial charge < -0.3 is 9.73 Å². The van der Waals surface area contributed by atoms with Crippen LogP contribution in [0.25, 0.3) is 11.5 Å². The van der Waals surface area contributed by atoms with Crippen molar-refractivity contribution >= 4 is 29.0 Å². The van der Waals surface area contributed by atoms with Gasteiger partial charge in [-0.05, 0) is 49.2 Å². The van der Waals surface area contributed by atoms with Crippen LogP contribution in [-0.2, 0) is 4.79 Å². The number of nitrogens with one attached hydrogen (secondary N) is 1. The minimum absolute atomic E-state index is 0.0738. The third kappa shape index (κ3) is 4.34. The Kier molecular flexibility index (Phi) is 5.69. The molecule has 0 spiro atoms. The van der Waals surface area contributed by atoms with Crippen LogP contribution in [0, 0.1) is 29.8 Å². The van der Waals surface area contributed by atoms with Gasteiger partial charge in [0.25, 0.3) is 10.9 Å². The van der Waals surface area contributed by atoms with Crippen LogP contribution in [-0.4, -0.2) is 26.8 Å². The van der Waals surface area contributed by atoms with Gasteiger partial charge in [-0.2, -0.15) is 0 Å². The van der Waals surface area contributed by atoms with E-state index in [-0.39, 0.29) is 34.1 Å². The van der Waals surface area contributed by atoms with Crippen molar-refractivity contribution in [3.63, 3.8) is 0 Å². The van der Waals surface area contributed by atoms with Crippen molar-refractivity contribution in [1.82, 2.24) is 10.2 Å². The van der Waals surface area contributed by atoms with Crippen molar-refractivity contribution < 1.29 is 18.5 Å². The van der Waals surface area contributed by atoms with Crippen LogP contribution in [0.5, 0.6) is 0 Å². The van der Waals surface area contributed by atoms with Gasteiger partial charge in [0, 0.05) is 11.6 Å². The topological polar surface area (TPSA) is 111 Å². The molecule has 0 saturated carbocycles. The third-order valence-electron chi connectivity index (χ3n) is 4.00. The number of hydrogen-bond acceptors (Lipinski definition) is 7. The van der Waals surface area contributed by atoms with E-state index in [2.05, 4.69) is 15.5 Å². The standard InChI is InChI=1S/C18H15FN4O4S/c1-10-3-8-14(23(25)26)16(11(10)2)20-15(24)9-28-18-22-21-17(27-18)12-4-6-13(19)7-5-12/h3-8H,9H2,1-2H3,(H,20,24). The molecule has 0 aliphatic heterocycles. The van der Waals surface area contributed by atoms with Crippen molar-refractivity contribution in [3.8, 4) is 11.5 Å². The molecule has 1 aromatic heterocycles. The molecule has 0 radical (unpaired) electrons. The number of thioether (sulfide) groups is 1. The Balaban J connectivity index is 1.66. The molecule has 2 aromatic carbocycles. The van der Waals surface area contributed by atoms with E-state index >= 15 is 0 Å². The first-order valence-electron chi connectivity index (χ1n) is 8.12. The highest BCUT2D eigenvalue weighted by Crippen LogP contribution is 2.30. The lowest BCUT2D eigenvalue weighted by molar-refractivity contribution is -0.384. The first-order chi connectivity index (χ1) is 13.3. The number of aryl methyl sites for hydroxylation is 1. The number of aromatic nitrogens is 2. The van der Waals surface area contributed by atoms with Gasteiger partial charge >= 0.3 is 0 Å². The van der Waals surface area contributed by atoms with Crippen LogP contribution in [0.3, 0.4) is 0 Å². The summed E-state index contributed by atoms with van der Waals surface area (Å²) in [5.41, 5.74) is 2.01. The fourth-order valence-corrected chi connectivity index (χ4v) is 2.95. The maximum absolute atomic E-state index is 13.0. The predicted molar refractivity (Wildman–Crippen MR) is 102 cm³/mol. The Labute approximate surface area is 163 Å². The average molecular weight is 402 g/mol. The van der Waals surface area contributed by atoms with E-state index in [0.29, 0.717) is 11.1 Å². The van der Waals surface area contributed by atoms with Crippen molar-refractivity contribution in [2.75, 3.05) is 11.1 Å². The van der Waals surface area contributed by atoms with Crippen LogP contribution in [0.15, 0.2) is 46.0 Å². The number of hydrogen-bond donors (Lipinski definition) is 1. The second kappa shape index (κ2) is 8.17. The van der Waals surface area contributed by atoms with Crippen LogP contribution in [0.1, 0.15) is 11.1 Å². The Hall–Kier alpha value is -3.27. The molecule has 28 heavy (non-hydrogen) atoms. The van der Waals surface area contributed by atoms with Gasteiger partial charge in [0.2, 0.25) is 11.8 Å². The Bertz CT molecular complexity index is 1040. The highest BCUT2D eigenvalue weighted by Gasteiger charge is 2.20. The molecule has 144 valence electrons. The molecule has 0 bridgehead atoms. The predicted octanol–water partition coefficient (Wildman–Crippen LogP) is 4.13. The second-order valence-corrected chi connectivity index (χ2v) is 6.80. The lowest BCUT2D eigenvalue weighted by Gasteiger charge is -2.10. The van der Waals surface area contributed by atoms with E-state index in [1.807, 2.05) is 0 Å². The van der Waals surface area contributed by atoms with E-state index in [0.717, 1.165) is 17.3 Å². The summed E-state index contributed by atoms with van der Waals surface area (Å²) in [6.45, 7) is 3.51. The number of carbonyl (C=O) groups is 1. The zero-order valence-electron chi connectivity index (χ0n) is 14.9. The van der Waals surface area contributed by atoms with Crippen LogP contribution >= 0.6 is 11.8 Å². The number of nitro benzene ring substituents is 1. The number of anilines is 1. The molecule has 1 N–H and O–H groups in total. The van der Waals surface area contributed by atoms with E-state index in [1.54, 1.807) is 19.9 Å². The van der Waals surface area contributed by atoms with Gasteiger partial charge in [-0.25, -0.2) is 4.39 Å². The molecule has 0 unspecified atom stereocenters. The summed E-state index contributed by atoms with van der Waals surface area (Å²) in [5.74, 6) is -0.693. The molecule has 3 rings (SSSR count). The fraction of sp³-hybridized carbons (Fsp3) is 0.167.